The Balaban J connectivity index is 2.19. The van der Waals surface area contributed by atoms with Gasteiger partial charge in [0.2, 0.25) is 0 Å². The number of aliphatic hydroxyl groups is 1. The van der Waals surface area contributed by atoms with Crippen LogP contribution in [0.4, 0.5) is 4.39 Å². The van der Waals surface area contributed by atoms with Crippen molar-refractivity contribution in [2.45, 2.75) is 18.9 Å². The monoisotopic (exact) mass is 344 g/mol. The molecule has 0 spiro atoms. The summed E-state index contributed by atoms with van der Waals surface area (Å²) in [4.78, 5) is 7.29. The molecule has 1 unspecified atom stereocenters. The molecule has 3 aromatic rings. The first-order valence-corrected chi connectivity index (χ1v) is 8.72. The van der Waals surface area contributed by atoms with Crippen molar-refractivity contribution in [2.75, 3.05) is 20.6 Å². The van der Waals surface area contributed by atoms with Crippen LogP contribution in [0.3, 0.4) is 0 Å². The second kappa shape index (κ2) is 6.59. The number of thiophene rings is 1. The van der Waals surface area contributed by atoms with Crippen LogP contribution in [0, 0.1) is 5.82 Å². The molecule has 0 aliphatic rings. The second-order valence-corrected chi connectivity index (χ2v) is 7.49. The molecule has 0 bridgehead atoms. The summed E-state index contributed by atoms with van der Waals surface area (Å²) in [6.45, 7) is 2.49. The average molecular weight is 344 g/mol. The molecule has 0 saturated heterocycles. The smallest absolute Gasteiger partial charge is 0.148 e. The Kier molecular flexibility index (Phi) is 4.67. The molecule has 3 nitrogen and oxygen atoms in total. The third kappa shape index (κ3) is 3.07. The largest absolute Gasteiger partial charge is 0.379 e. The topological polar surface area (TPSA) is 36.4 Å². The van der Waals surface area contributed by atoms with Crippen LogP contribution >= 0.6 is 11.3 Å². The van der Waals surface area contributed by atoms with E-state index in [9.17, 15) is 9.50 Å². The molecule has 0 fully saturated rings. The molecule has 0 radical (unpaired) electrons. The van der Waals surface area contributed by atoms with Gasteiger partial charge in [-0.15, -0.1) is 11.3 Å². The van der Waals surface area contributed by atoms with Gasteiger partial charge in [0.05, 0.1) is 0 Å². The number of fused-ring (bicyclic) bond motifs is 1. The van der Waals surface area contributed by atoms with Gasteiger partial charge >= 0.3 is 0 Å². The summed E-state index contributed by atoms with van der Waals surface area (Å²) < 4.78 is 15.4. The maximum Gasteiger partial charge on any atom is 0.148 e. The van der Waals surface area contributed by atoms with Crippen molar-refractivity contribution >= 4 is 21.4 Å². The SMILES string of the molecule is CN(C)CCc1sc2ccccc2c1C(C)(O)c1ncccc1F. The maximum atomic E-state index is 14.3. The normalized spacial score (nSPS) is 14.2. The Morgan fingerprint density at radius 2 is 1.96 bits per heavy atom. The van der Waals surface area contributed by atoms with Crippen molar-refractivity contribution in [2.24, 2.45) is 0 Å². The first kappa shape index (κ1) is 17.0. The van der Waals surface area contributed by atoms with Crippen LogP contribution in [-0.4, -0.2) is 35.6 Å². The number of hydrogen-bond donors (Lipinski definition) is 1. The van der Waals surface area contributed by atoms with E-state index in [-0.39, 0.29) is 5.69 Å². The number of likely N-dealkylation sites (N-methyl/N-ethyl adjacent to an activating group) is 1. The lowest BCUT2D eigenvalue weighted by Crippen LogP contribution is -2.27. The van der Waals surface area contributed by atoms with Gasteiger partial charge in [0, 0.05) is 27.9 Å². The molecule has 2 aromatic heterocycles. The van der Waals surface area contributed by atoms with Gasteiger partial charge < -0.3 is 10.0 Å². The molecule has 0 saturated carbocycles. The van der Waals surface area contributed by atoms with Crippen molar-refractivity contribution in [3.05, 3.63) is 64.5 Å². The quantitative estimate of drug-likeness (QED) is 0.765. The molecule has 1 N–H and O–H groups in total. The third-order valence-electron chi connectivity index (χ3n) is 4.16. The number of aromatic nitrogens is 1. The van der Waals surface area contributed by atoms with Gasteiger partial charge in [0.1, 0.15) is 17.1 Å². The molecule has 24 heavy (non-hydrogen) atoms. The summed E-state index contributed by atoms with van der Waals surface area (Å²) in [5.74, 6) is -0.489. The van der Waals surface area contributed by atoms with E-state index in [1.807, 2.05) is 38.4 Å². The fourth-order valence-corrected chi connectivity index (χ4v) is 4.29. The molecular weight excluding hydrogens is 323 g/mol. The van der Waals surface area contributed by atoms with Gasteiger partial charge in [0.25, 0.3) is 0 Å². The summed E-state index contributed by atoms with van der Waals surface area (Å²) in [7, 11) is 4.03. The number of pyridine rings is 1. The number of halogens is 1. The Labute approximate surface area is 145 Å². The molecule has 0 amide bonds. The molecule has 0 aliphatic heterocycles. The van der Waals surface area contributed by atoms with Crippen molar-refractivity contribution in [3.8, 4) is 0 Å². The van der Waals surface area contributed by atoms with Crippen LogP contribution < -0.4 is 0 Å². The molecule has 5 heteroatoms. The lowest BCUT2D eigenvalue weighted by atomic mass is 9.88. The van der Waals surface area contributed by atoms with Crippen molar-refractivity contribution < 1.29 is 9.50 Å². The van der Waals surface area contributed by atoms with Gasteiger partial charge in [-0.1, -0.05) is 18.2 Å². The van der Waals surface area contributed by atoms with Crippen molar-refractivity contribution in [1.82, 2.24) is 9.88 Å². The van der Waals surface area contributed by atoms with E-state index in [1.165, 1.54) is 18.3 Å². The molecule has 1 aromatic carbocycles. The highest BCUT2D eigenvalue weighted by atomic mass is 32.1. The fraction of sp³-hybridized carbons (Fsp3) is 0.316. The molecule has 1 atom stereocenters. The lowest BCUT2D eigenvalue weighted by molar-refractivity contribution is 0.0937. The number of nitrogens with zero attached hydrogens (tertiary/aromatic N) is 2. The standard InChI is InChI=1S/C19H21FN2OS/c1-19(23,18-14(20)8-6-11-21-18)17-13-7-4-5-9-15(13)24-16(17)10-12-22(2)3/h4-9,11,23H,10,12H2,1-3H3. The molecule has 0 aliphatic carbocycles. The van der Waals surface area contributed by atoms with Crippen molar-refractivity contribution in [1.29, 1.82) is 0 Å². The zero-order valence-electron chi connectivity index (χ0n) is 14.1. The fourth-order valence-electron chi connectivity index (χ4n) is 2.99. The van der Waals surface area contributed by atoms with Crippen LogP contribution in [0.1, 0.15) is 23.1 Å². The van der Waals surface area contributed by atoms with Gasteiger partial charge in [-0.25, -0.2) is 4.39 Å². The van der Waals surface area contributed by atoms with Gasteiger partial charge in [0.15, 0.2) is 0 Å². The predicted octanol–water partition coefficient (Wildman–Crippen LogP) is 3.80. The van der Waals surface area contributed by atoms with Crippen molar-refractivity contribution in [3.63, 3.8) is 0 Å². The summed E-state index contributed by atoms with van der Waals surface area (Å²) in [6, 6.07) is 10.8. The molecule has 3 rings (SSSR count). The molecule has 126 valence electrons. The third-order valence-corrected chi connectivity index (χ3v) is 5.39. The Morgan fingerprint density at radius 3 is 2.67 bits per heavy atom. The van der Waals surface area contributed by atoms with E-state index in [0.29, 0.717) is 0 Å². The highest BCUT2D eigenvalue weighted by molar-refractivity contribution is 7.19. The predicted molar refractivity (Wildman–Crippen MR) is 97.0 cm³/mol. The summed E-state index contributed by atoms with van der Waals surface area (Å²) >= 11 is 1.66. The number of rotatable bonds is 5. The number of hydrogen-bond acceptors (Lipinski definition) is 4. The number of benzene rings is 1. The zero-order valence-corrected chi connectivity index (χ0v) is 14.9. The summed E-state index contributed by atoms with van der Waals surface area (Å²) in [6.07, 6.45) is 2.31. The minimum Gasteiger partial charge on any atom is -0.379 e. The van der Waals surface area contributed by atoms with Gasteiger partial charge in [-0.05, 0) is 51.0 Å². The molecular formula is C19H21FN2OS. The minimum atomic E-state index is -1.48. The summed E-state index contributed by atoms with van der Waals surface area (Å²) in [5, 5.41) is 12.2. The second-order valence-electron chi connectivity index (χ2n) is 6.36. The molecule has 2 heterocycles. The highest BCUT2D eigenvalue weighted by Gasteiger charge is 2.35. The van der Waals surface area contributed by atoms with Gasteiger partial charge in [-0.2, -0.15) is 0 Å². The van der Waals surface area contributed by atoms with Crippen LogP contribution in [0.25, 0.3) is 10.1 Å². The average Bonchev–Trinajstić information content (AvgIpc) is 2.92. The van der Waals surface area contributed by atoms with Crippen LogP contribution in [0.2, 0.25) is 0 Å². The Hall–Kier alpha value is -1.82. The van der Waals surface area contributed by atoms with Crippen LogP contribution in [0.5, 0.6) is 0 Å². The van der Waals surface area contributed by atoms with E-state index in [1.54, 1.807) is 18.3 Å². The highest BCUT2D eigenvalue weighted by Crippen LogP contribution is 2.41. The van der Waals surface area contributed by atoms with E-state index in [2.05, 4.69) is 9.88 Å². The van der Waals surface area contributed by atoms with E-state index < -0.39 is 11.4 Å². The Morgan fingerprint density at radius 1 is 1.21 bits per heavy atom. The first-order chi connectivity index (χ1) is 11.4. The lowest BCUT2D eigenvalue weighted by Gasteiger charge is -2.25. The first-order valence-electron chi connectivity index (χ1n) is 7.90. The summed E-state index contributed by atoms with van der Waals surface area (Å²) in [5.41, 5.74) is -0.644. The zero-order chi connectivity index (χ0) is 17.3. The minimum absolute atomic E-state index is 0.0691. The van der Waals surface area contributed by atoms with E-state index in [4.69, 9.17) is 0 Å². The van der Waals surface area contributed by atoms with Crippen LogP contribution in [-0.2, 0) is 12.0 Å². The van der Waals surface area contributed by atoms with E-state index >= 15 is 0 Å². The van der Waals surface area contributed by atoms with Gasteiger partial charge in [-0.3, -0.25) is 4.98 Å². The van der Waals surface area contributed by atoms with E-state index in [0.717, 1.165) is 33.5 Å². The Bertz CT molecular complexity index is 857. The van der Waals surface area contributed by atoms with Crippen LogP contribution in [0.15, 0.2) is 42.6 Å². The maximum absolute atomic E-state index is 14.3.